The molecule has 0 aromatic carbocycles. The normalized spacial score (nSPS) is 12.5. The van der Waals surface area contributed by atoms with E-state index in [1.54, 1.807) is 0 Å². The first kappa shape index (κ1) is 11.6. The van der Waals surface area contributed by atoms with E-state index in [1.807, 2.05) is 13.8 Å². The molecular weight excluding hydrogens is 196 g/mol. The number of nitrogens with one attached hydrogen (secondary N) is 1. The van der Waals surface area contributed by atoms with Crippen molar-refractivity contribution in [3.8, 4) is 0 Å². The number of carbonyl (C=O) groups is 1. The van der Waals surface area contributed by atoms with Gasteiger partial charge in [0, 0.05) is 6.54 Å². The zero-order valence-corrected chi connectivity index (χ0v) is 8.99. The van der Waals surface area contributed by atoms with Crippen LogP contribution in [0.25, 0.3) is 0 Å². The molecule has 0 spiro atoms. The zero-order chi connectivity index (χ0) is 11.3. The molecule has 1 aromatic heterocycles. The fourth-order valence-electron chi connectivity index (χ4n) is 1.15. The van der Waals surface area contributed by atoms with Crippen molar-refractivity contribution in [3.63, 3.8) is 0 Å². The highest BCUT2D eigenvalue weighted by atomic mass is 16.5. The molecule has 0 saturated heterocycles. The minimum atomic E-state index is -0.337. The molecule has 1 aromatic rings. The van der Waals surface area contributed by atoms with Crippen LogP contribution >= 0.6 is 0 Å². The Kier molecular flexibility index (Phi) is 4.23. The molecule has 0 bridgehead atoms. The van der Waals surface area contributed by atoms with Crippen LogP contribution in [-0.4, -0.2) is 22.6 Å². The highest BCUT2D eigenvalue weighted by Gasteiger charge is 2.17. The molecule has 84 valence electrons. The van der Waals surface area contributed by atoms with Crippen molar-refractivity contribution < 1.29 is 9.32 Å². The van der Waals surface area contributed by atoms with Gasteiger partial charge in [0.25, 0.3) is 11.7 Å². The van der Waals surface area contributed by atoms with E-state index in [9.17, 15) is 4.79 Å². The lowest BCUT2D eigenvalue weighted by molar-refractivity contribution is 0.0942. The van der Waals surface area contributed by atoms with Crippen molar-refractivity contribution >= 4 is 5.91 Å². The predicted molar refractivity (Wildman–Crippen MR) is 54.1 cm³/mol. The van der Waals surface area contributed by atoms with Crippen LogP contribution in [0.1, 0.15) is 49.2 Å². The van der Waals surface area contributed by atoms with Crippen LogP contribution in [0.3, 0.4) is 0 Å². The summed E-state index contributed by atoms with van der Waals surface area (Å²) in [4.78, 5) is 15.2. The summed E-state index contributed by atoms with van der Waals surface area (Å²) in [5.41, 5.74) is 5.76. The number of carbonyl (C=O) groups excluding carboxylic acids is 1. The molecule has 3 N–H and O–H groups in total. The van der Waals surface area contributed by atoms with Gasteiger partial charge in [0.15, 0.2) is 0 Å². The molecule has 1 heterocycles. The summed E-state index contributed by atoms with van der Waals surface area (Å²) >= 11 is 0. The summed E-state index contributed by atoms with van der Waals surface area (Å²) in [5.74, 6) is 0.0210. The van der Waals surface area contributed by atoms with E-state index in [0.29, 0.717) is 12.4 Å². The van der Waals surface area contributed by atoms with Gasteiger partial charge in [-0.25, -0.2) is 0 Å². The van der Waals surface area contributed by atoms with Crippen molar-refractivity contribution in [1.82, 2.24) is 15.5 Å². The van der Waals surface area contributed by atoms with Gasteiger partial charge < -0.3 is 15.6 Å². The highest BCUT2D eigenvalue weighted by Crippen LogP contribution is 2.12. The molecule has 0 saturated carbocycles. The second kappa shape index (κ2) is 5.45. The molecule has 1 atom stereocenters. The van der Waals surface area contributed by atoms with Crippen molar-refractivity contribution in [3.05, 3.63) is 11.7 Å². The fraction of sp³-hybridized carbons (Fsp3) is 0.667. The standard InChI is InChI=1S/C9H16N4O2/c1-3-5-6(10)9-12-7(13-15-9)8(14)11-4-2/h6H,3-5,10H2,1-2H3,(H,11,14). The van der Waals surface area contributed by atoms with Crippen molar-refractivity contribution in [1.29, 1.82) is 0 Å². The van der Waals surface area contributed by atoms with Crippen LogP contribution in [0.5, 0.6) is 0 Å². The molecule has 1 rings (SSSR count). The molecule has 6 nitrogen and oxygen atoms in total. The minimum Gasteiger partial charge on any atom is -0.349 e. The van der Waals surface area contributed by atoms with Gasteiger partial charge in [-0.2, -0.15) is 4.98 Å². The van der Waals surface area contributed by atoms with Crippen LogP contribution in [-0.2, 0) is 0 Å². The average Bonchev–Trinajstić information content (AvgIpc) is 2.67. The van der Waals surface area contributed by atoms with E-state index in [1.165, 1.54) is 0 Å². The van der Waals surface area contributed by atoms with E-state index >= 15 is 0 Å². The molecule has 0 fully saturated rings. The van der Waals surface area contributed by atoms with Gasteiger partial charge in [-0.05, 0) is 13.3 Å². The number of aromatic nitrogens is 2. The van der Waals surface area contributed by atoms with E-state index in [0.717, 1.165) is 12.8 Å². The Hall–Kier alpha value is -1.43. The number of rotatable bonds is 5. The van der Waals surface area contributed by atoms with Gasteiger partial charge in [-0.15, -0.1) is 0 Å². The largest absolute Gasteiger partial charge is 0.349 e. The summed E-state index contributed by atoms with van der Waals surface area (Å²) in [5, 5.41) is 6.14. The van der Waals surface area contributed by atoms with Crippen LogP contribution in [0.2, 0.25) is 0 Å². The number of nitrogens with two attached hydrogens (primary N) is 1. The number of hydrogen-bond donors (Lipinski definition) is 2. The smallest absolute Gasteiger partial charge is 0.292 e. The molecule has 6 heteroatoms. The van der Waals surface area contributed by atoms with E-state index < -0.39 is 0 Å². The lowest BCUT2D eigenvalue weighted by Gasteiger charge is -2.02. The van der Waals surface area contributed by atoms with Crippen molar-refractivity contribution in [2.24, 2.45) is 5.73 Å². The Morgan fingerprint density at radius 3 is 2.93 bits per heavy atom. The maximum atomic E-state index is 11.3. The van der Waals surface area contributed by atoms with Gasteiger partial charge in [0.2, 0.25) is 5.89 Å². The molecular formula is C9H16N4O2. The van der Waals surface area contributed by atoms with E-state index in [4.69, 9.17) is 10.3 Å². The highest BCUT2D eigenvalue weighted by molar-refractivity contribution is 5.90. The molecule has 1 unspecified atom stereocenters. The summed E-state index contributed by atoms with van der Waals surface area (Å²) in [6, 6.07) is -0.286. The van der Waals surface area contributed by atoms with Gasteiger partial charge in [0.1, 0.15) is 0 Å². The quantitative estimate of drug-likeness (QED) is 0.746. The lowest BCUT2D eigenvalue weighted by Crippen LogP contribution is -2.24. The van der Waals surface area contributed by atoms with Crippen LogP contribution in [0, 0.1) is 0 Å². The Balaban J connectivity index is 2.67. The SMILES string of the molecule is CCCC(N)c1nc(C(=O)NCC)no1. The second-order valence-electron chi connectivity index (χ2n) is 3.21. The topological polar surface area (TPSA) is 94.0 Å². The van der Waals surface area contributed by atoms with Gasteiger partial charge in [0.05, 0.1) is 6.04 Å². The number of nitrogens with zero attached hydrogens (tertiary/aromatic N) is 2. The third-order valence-electron chi connectivity index (χ3n) is 1.90. The van der Waals surface area contributed by atoms with Crippen LogP contribution in [0.15, 0.2) is 4.52 Å². The summed E-state index contributed by atoms with van der Waals surface area (Å²) < 4.78 is 4.90. The van der Waals surface area contributed by atoms with Crippen molar-refractivity contribution in [2.75, 3.05) is 6.54 Å². The maximum Gasteiger partial charge on any atom is 0.292 e. The first-order valence-corrected chi connectivity index (χ1v) is 5.06. The molecule has 15 heavy (non-hydrogen) atoms. The van der Waals surface area contributed by atoms with Gasteiger partial charge in [-0.3, -0.25) is 4.79 Å². The molecule has 0 aliphatic rings. The molecule has 0 aliphatic carbocycles. The molecule has 0 radical (unpaired) electrons. The maximum absolute atomic E-state index is 11.3. The van der Waals surface area contributed by atoms with Gasteiger partial charge >= 0.3 is 0 Å². The van der Waals surface area contributed by atoms with E-state index in [2.05, 4.69) is 15.5 Å². The predicted octanol–water partition coefficient (Wildman–Crippen LogP) is 0.619. The monoisotopic (exact) mass is 212 g/mol. The summed E-state index contributed by atoms with van der Waals surface area (Å²) in [6.45, 7) is 4.37. The first-order chi connectivity index (χ1) is 7.19. The fourth-order valence-corrected chi connectivity index (χ4v) is 1.15. The minimum absolute atomic E-state index is 0.0402. The van der Waals surface area contributed by atoms with E-state index in [-0.39, 0.29) is 17.8 Å². The summed E-state index contributed by atoms with van der Waals surface area (Å²) in [6.07, 6.45) is 1.69. The Morgan fingerprint density at radius 2 is 2.33 bits per heavy atom. The number of amides is 1. The van der Waals surface area contributed by atoms with Crippen LogP contribution < -0.4 is 11.1 Å². The second-order valence-corrected chi connectivity index (χ2v) is 3.21. The Bertz CT molecular complexity index is 324. The van der Waals surface area contributed by atoms with Crippen LogP contribution in [0.4, 0.5) is 0 Å². The lowest BCUT2D eigenvalue weighted by atomic mass is 10.2. The van der Waals surface area contributed by atoms with Crippen molar-refractivity contribution in [2.45, 2.75) is 32.7 Å². The Morgan fingerprint density at radius 1 is 1.60 bits per heavy atom. The Labute approximate surface area is 88.2 Å². The summed E-state index contributed by atoms with van der Waals surface area (Å²) in [7, 11) is 0. The first-order valence-electron chi connectivity index (χ1n) is 5.06. The third kappa shape index (κ3) is 3.02. The number of hydrogen-bond acceptors (Lipinski definition) is 5. The average molecular weight is 212 g/mol. The zero-order valence-electron chi connectivity index (χ0n) is 8.99. The van der Waals surface area contributed by atoms with Gasteiger partial charge in [-0.1, -0.05) is 18.5 Å². The third-order valence-corrected chi connectivity index (χ3v) is 1.90. The molecule has 1 amide bonds. The molecule has 0 aliphatic heterocycles.